The summed E-state index contributed by atoms with van der Waals surface area (Å²) >= 11 is 4.81. The van der Waals surface area contributed by atoms with Gasteiger partial charge >= 0.3 is 0 Å². The number of anilines is 1. The Morgan fingerprint density at radius 1 is 1.20 bits per heavy atom. The molecule has 2 aromatic carbocycles. The van der Waals surface area contributed by atoms with Crippen molar-refractivity contribution < 1.29 is 9.53 Å². The fourth-order valence-electron chi connectivity index (χ4n) is 2.18. The molecule has 0 fully saturated rings. The number of hydrogen-bond acceptors (Lipinski definition) is 5. The van der Waals surface area contributed by atoms with E-state index in [0.717, 1.165) is 21.5 Å². The third-order valence-corrected chi connectivity index (χ3v) is 4.88. The average Bonchev–Trinajstić information content (AvgIpc) is 3.08. The number of benzene rings is 2. The molecule has 3 rings (SSSR count). The molecular weight excluding hydrogens is 402 g/mol. The Morgan fingerprint density at radius 2 is 2.04 bits per heavy atom. The van der Waals surface area contributed by atoms with Crippen LogP contribution in [0.15, 0.2) is 53.0 Å². The van der Waals surface area contributed by atoms with Crippen molar-refractivity contribution in [2.75, 3.05) is 5.32 Å². The number of ether oxygens (including phenoxy) is 1. The Balaban J connectivity index is 1.72. The van der Waals surface area contributed by atoms with Gasteiger partial charge in [0.2, 0.25) is 5.13 Å². The third-order valence-electron chi connectivity index (χ3n) is 3.40. The van der Waals surface area contributed by atoms with Gasteiger partial charge in [-0.1, -0.05) is 58.5 Å². The molecule has 7 heteroatoms. The van der Waals surface area contributed by atoms with Gasteiger partial charge in [0.1, 0.15) is 17.4 Å². The topological polar surface area (TPSA) is 64.1 Å². The molecule has 1 N–H and O–H groups in total. The van der Waals surface area contributed by atoms with E-state index in [4.69, 9.17) is 4.74 Å². The van der Waals surface area contributed by atoms with E-state index in [1.54, 1.807) is 18.2 Å². The minimum atomic E-state index is -0.261. The minimum absolute atomic E-state index is 0.261. The summed E-state index contributed by atoms with van der Waals surface area (Å²) in [7, 11) is 0. The van der Waals surface area contributed by atoms with E-state index in [0.29, 0.717) is 23.1 Å². The Kier molecular flexibility index (Phi) is 5.78. The number of rotatable bonds is 6. The highest BCUT2D eigenvalue weighted by atomic mass is 79.9. The van der Waals surface area contributed by atoms with Crippen molar-refractivity contribution in [1.29, 1.82) is 0 Å². The molecule has 0 spiro atoms. The standard InChI is InChI=1S/C18H16BrN3O2S/c1-2-16-21-22-18(25-16)20-17(23)14-8-3-4-9-15(14)24-11-12-6-5-7-13(19)10-12/h3-10H,2,11H2,1H3,(H,20,22,23). The zero-order valence-corrected chi connectivity index (χ0v) is 15.9. The molecule has 1 aromatic heterocycles. The maximum absolute atomic E-state index is 12.5. The van der Waals surface area contributed by atoms with Gasteiger partial charge in [-0.05, 0) is 36.2 Å². The quantitative estimate of drug-likeness (QED) is 0.631. The van der Waals surface area contributed by atoms with Crippen molar-refractivity contribution in [2.45, 2.75) is 20.0 Å². The maximum atomic E-state index is 12.5. The number of nitrogens with one attached hydrogen (secondary N) is 1. The molecule has 128 valence electrons. The lowest BCUT2D eigenvalue weighted by Gasteiger charge is -2.11. The monoisotopic (exact) mass is 417 g/mol. The molecule has 1 amide bonds. The Labute approximate surface area is 158 Å². The van der Waals surface area contributed by atoms with Gasteiger partial charge in [-0.2, -0.15) is 0 Å². The first-order chi connectivity index (χ1) is 12.2. The number of nitrogens with zero attached hydrogens (tertiary/aromatic N) is 2. The van der Waals surface area contributed by atoms with Gasteiger partial charge in [-0.25, -0.2) is 0 Å². The van der Waals surface area contributed by atoms with Crippen molar-refractivity contribution in [3.8, 4) is 5.75 Å². The molecule has 0 unspecified atom stereocenters. The smallest absolute Gasteiger partial charge is 0.261 e. The van der Waals surface area contributed by atoms with Crippen LogP contribution in [0.4, 0.5) is 5.13 Å². The second-order valence-electron chi connectivity index (χ2n) is 5.22. The van der Waals surface area contributed by atoms with Crippen LogP contribution in [-0.2, 0) is 13.0 Å². The molecule has 1 heterocycles. The first-order valence-corrected chi connectivity index (χ1v) is 9.36. The van der Waals surface area contributed by atoms with Crippen molar-refractivity contribution >= 4 is 38.3 Å². The lowest BCUT2D eigenvalue weighted by atomic mass is 10.2. The number of para-hydroxylation sites is 1. The number of halogens is 1. The molecule has 0 aliphatic heterocycles. The summed E-state index contributed by atoms with van der Waals surface area (Å²) in [6, 6.07) is 15.0. The Bertz CT molecular complexity index is 882. The summed E-state index contributed by atoms with van der Waals surface area (Å²) < 4.78 is 6.84. The largest absolute Gasteiger partial charge is 0.488 e. The summed E-state index contributed by atoms with van der Waals surface area (Å²) in [5.41, 5.74) is 1.48. The van der Waals surface area contributed by atoms with Gasteiger partial charge in [0.05, 0.1) is 5.56 Å². The van der Waals surface area contributed by atoms with Gasteiger partial charge in [-0.3, -0.25) is 10.1 Å². The molecule has 25 heavy (non-hydrogen) atoms. The van der Waals surface area contributed by atoms with Crippen LogP contribution in [0.5, 0.6) is 5.75 Å². The van der Waals surface area contributed by atoms with Crippen LogP contribution < -0.4 is 10.1 Å². The van der Waals surface area contributed by atoms with E-state index in [1.165, 1.54) is 11.3 Å². The van der Waals surface area contributed by atoms with E-state index >= 15 is 0 Å². The molecule has 3 aromatic rings. The predicted octanol–water partition coefficient (Wildman–Crippen LogP) is 4.69. The SMILES string of the molecule is CCc1nnc(NC(=O)c2ccccc2OCc2cccc(Br)c2)s1. The fraction of sp³-hybridized carbons (Fsp3) is 0.167. The molecule has 0 aliphatic rings. The van der Waals surface area contributed by atoms with Gasteiger partial charge in [0.25, 0.3) is 5.91 Å². The Morgan fingerprint density at radius 3 is 2.80 bits per heavy atom. The lowest BCUT2D eigenvalue weighted by Crippen LogP contribution is -2.13. The fourth-order valence-corrected chi connectivity index (χ4v) is 3.30. The lowest BCUT2D eigenvalue weighted by molar-refractivity contribution is 0.102. The number of aryl methyl sites for hydroxylation is 1. The third kappa shape index (κ3) is 4.64. The molecule has 5 nitrogen and oxygen atoms in total. The van der Waals surface area contributed by atoms with Gasteiger partial charge in [-0.15, -0.1) is 10.2 Å². The van der Waals surface area contributed by atoms with Gasteiger partial charge in [0, 0.05) is 4.47 Å². The summed E-state index contributed by atoms with van der Waals surface area (Å²) in [5, 5.41) is 12.1. The zero-order valence-electron chi connectivity index (χ0n) is 13.5. The van der Waals surface area contributed by atoms with Crippen molar-refractivity contribution in [3.05, 3.63) is 69.1 Å². The maximum Gasteiger partial charge on any atom is 0.261 e. The van der Waals surface area contributed by atoms with Crippen molar-refractivity contribution in [1.82, 2.24) is 10.2 Å². The summed E-state index contributed by atoms with van der Waals surface area (Å²) in [6.45, 7) is 2.37. The molecule has 0 bridgehead atoms. The highest BCUT2D eigenvalue weighted by molar-refractivity contribution is 9.10. The van der Waals surface area contributed by atoms with E-state index in [2.05, 4.69) is 31.4 Å². The first kappa shape index (κ1) is 17.6. The van der Waals surface area contributed by atoms with Gasteiger partial charge < -0.3 is 4.74 Å². The normalized spacial score (nSPS) is 10.5. The van der Waals surface area contributed by atoms with Crippen LogP contribution in [0, 0.1) is 0 Å². The first-order valence-electron chi connectivity index (χ1n) is 7.75. The average molecular weight is 418 g/mol. The summed E-state index contributed by atoms with van der Waals surface area (Å²) in [4.78, 5) is 12.5. The Hall–Kier alpha value is -2.25. The zero-order chi connectivity index (χ0) is 17.6. The van der Waals surface area contributed by atoms with Crippen LogP contribution in [0.25, 0.3) is 0 Å². The molecule has 0 atom stereocenters. The van der Waals surface area contributed by atoms with E-state index in [9.17, 15) is 4.79 Å². The molecule has 0 saturated heterocycles. The number of aromatic nitrogens is 2. The number of carbonyl (C=O) groups excluding carboxylic acids is 1. The van der Waals surface area contributed by atoms with Crippen LogP contribution in [0.1, 0.15) is 27.9 Å². The van der Waals surface area contributed by atoms with Crippen molar-refractivity contribution in [3.63, 3.8) is 0 Å². The van der Waals surface area contributed by atoms with Crippen LogP contribution >= 0.6 is 27.3 Å². The van der Waals surface area contributed by atoms with E-state index in [-0.39, 0.29) is 5.91 Å². The van der Waals surface area contributed by atoms with Crippen LogP contribution in [0.3, 0.4) is 0 Å². The second kappa shape index (κ2) is 8.22. The molecular formula is C18H16BrN3O2S. The number of carbonyl (C=O) groups is 1. The predicted molar refractivity (Wildman–Crippen MR) is 102 cm³/mol. The highest BCUT2D eigenvalue weighted by Crippen LogP contribution is 2.23. The van der Waals surface area contributed by atoms with E-state index < -0.39 is 0 Å². The molecule has 0 aliphatic carbocycles. The van der Waals surface area contributed by atoms with Gasteiger partial charge in [0.15, 0.2) is 0 Å². The van der Waals surface area contributed by atoms with Crippen LogP contribution in [0.2, 0.25) is 0 Å². The number of amides is 1. The second-order valence-corrected chi connectivity index (χ2v) is 7.20. The van der Waals surface area contributed by atoms with Crippen molar-refractivity contribution in [2.24, 2.45) is 0 Å². The molecule has 0 saturated carbocycles. The summed E-state index contributed by atoms with van der Waals surface area (Å²) in [6.07, 6.45) is 0.792. The minimum Gasteiger partial charge on any atom is -0.488 e. The highest BCUT2D eigenvalue weighted by Gasteiger charge is 2.14. The number of hydrogen-bond donors (Lipinski definition) is 1. The van der Waals surface area contributed by atoms with Crippen LogP contribution in [-0.4, -0.2) is 16.1 Å². The summed E-state index contributed by atoms with van der Waals surface area (Å²) in [5.74, 6) is 0.267. The van der Waals surface area contributed by atoms with E-state index in [1.807, 2.05) is 37.3 Å². The molecule has 0 radical (unpaired) electrons.